The molecular formula is C9H15N3S. The summed E-state index contributed by atoms with van der Waals surface area (Å²) in [4.78, 5) is 0. The van der Waals surface area contributed by atoms with Crippen molar-refractivity contribution < 1.29 is 0 Å². The lowest BCUT2D eigenvalue weighted by molar-refractivity contribution is 0.665. The summed E-state index contributed by atoms with van der Waals surface area (Å²) < 4.78 is 2.02. The fourth-order valence-electron chi connectivity index (χ4n) is 1.80. The van der Waals surface area contributed by atoms with Crippen LogP contribution in [-0.2, 0) is 25.8 Å². The second kappa shape index (κ2) is 3.72. The molecule has 0 unspecified atom stereocenters. The Morgan fingerprint density at radius 1 is 1.62 bits per heavy atom. The molecule has 0 radical (unpaired) electrons. The summed E-state index contributed by atoms with van der Waals surface area (Å²) in [6.07, 6.45) is 1.19. The summed E-state index contributed by atoms with van der Waals surface area (Å²) in [6.45, 7) is 0.934. The molecule has 0 saturated heterocycles. The molecular weight excluding hydrogens is 182 g/mol. The Hall–Kier alpha value is -0.480. The van der Waals surface area contributed by atoms with E-state index in [1.54, 1.807) is 0 Å². The Morgan fingerprint density at radius 2 is 2.46 bits per heavy atom. The third-order valence-corrected chi connectivity index (χ3v) is 3.41. The van der Waals surface area contributed by atoms with Crippen molar-refractivity contribution in [3.63, 3.8) is 0 Å². The number of rotatable bonds is 2. The predicted octanol–water partition coefficient (Wildman–Crippen LogP) is 0.929. The lowest BCUT2D eigenvalue weighted by Gasteiger charge is -2.10. The van der Waals surface area contributed by atoms with Gasteiger partial charge in [0.2, 0.25) is 0 Å². The van der Waals surface area contributed by atoms with Crippen molar-refractivity contribution >= 4 is 11.8 Å². The second-order valence-corrected chi connectivity index (χ2v) is 4.43. The third-order valence-electron chi connectivity index (χ3n) is 2.44. The molecule has 0 saturated carbocycles. The van der Waals surface area contributed by atoms with Gasteiger partial charge in [0, 0.05) is 19.3 Å². The van der Waals surface area contributed by atoms with Crippen LogP contribution in [0.25, 0.3) is 0 Å². The first kappa shape index (κ1) is 9.09. The number of thioether (sulfide) groups is 1. The number of nitrogens with one attached hydrogen (secondary N) is 1. The highest BCUT2D eigenvalue weighted by Crippen LogP contribution is 2.25. The molecule has 1 aromatic heterocycles. The van der Waals surface area contributed by atoms with E-state index < -0.39 is 0 Å². The number of fused-ring (bicyclic) bond motifs is 1. The maximum atomic E-state index is 4.53. The smallest absolute Gasteiger partial charge is 0.0759 e. The normalized spacial score (nSPS) is 15.8. The van der Waals surface area contributed by atoms with E-state index in [0.29, 0.717) is 0 Å². The van der Waals surface area contributed by atoms with Crippen molar-refractivity contribution in [1.82, 2.24) is 15.1 Å². The van der Waals surface area contributed by atoms with Crippen LogP contribution in [0.4, 0.5) is 0 Å². The van der Waals surface area contributed by atoms with Crippen molar-refractivity contribution in [3.05, 3.63) is 17.0 Å². The van der Waals surface area contributed by atoms with E-state index in [-0.39, 0.29) is 0 Å². The minimum Gasteiger partial charge on any atom is -0.314 e. The molecule has 1 aromatic rings. The van der Waals surface area contributed by atoms with Gasteiger partial charge < -0.3 is 5.32 Å². The van der Waals surface area contributed by atoms with Crippen LogP contribution in [0, 0.1) is 0 Å². The number of hydrogen-bond donors (Lipinski definition) is 1. The van der Waals surface area contributed by atoms with Crippen LogP contribution in [-0.4, -0.2) is 22.6 Å². The molecule has 0 amide bonds. The highest BCUT2D eigenvalue weighted by Gasteiger charge is 2.18. The maximum Gasteiger partial charge on any atom is 0.0759 e. The molecule has 0 fully saturated rings. The van der Waals surface area contributed by atoms with Crippen LogP contribution in [0.3, 0.4) is 0 Å². The van der Waals surface area contributed by atoms with E-state index in [4.69, 9.17) is 0 Å². The summed E-state index contributed by atoms with van der Waals surface area (Å²) in [5.74, 6) is 2.34. The molecule has 13 heavy (non-hydrogen) atoms. The fourth-order valence-corrected chi connectivity index (χ4v) is 2.72. The van der Waals surface area contributed by atoms with Gasteiger partial charge in [0.1, 0.15) is 0 Å². The van der Waals surface area contributed by atoms with Gasteiger partial charge in [-0.25, -0.2) is 0 Å². The summed E-state index contributed by atoms with van der Waals surface area (Å²) in [6, 6.07) is 0. The van der Waals surface area contributed by atoms with E-state index >= 15 is 0 Å². The van der Waals surface area contributed by atoms with Crippen LogP contribution in [0.5, 0.6) is 0 Å². The second-order valence-electron chi connectivity index (χ2n) is 3.33. The lowest BCUT2D eigenvalue weighted by atomic mass is 10.1. The first-order valence-corrected chi connectivity index (χ1v) is 5.74. The quantitative estimate of drug-likeness (QED) is 0.765. The summed E-state index contributed by atoms with van der Waals surface area (Å²) in [5.41, 5.74) is 4.14. The average molecular weight is 197 g/mol. The number of aryl methyl sites for hydroxylation is 1. The highest BCUT2D eigenvalue weighted by atomic mass is 32.2. The molecule has 2 heterocycles. The molecule has 1 N–H and O–H groups in total. The molecule has 4 heteroatoms. The van der Waals surface area contributed by atoms with Crippen molar-refractivity contribution in [2.75, 3.05) is 12.8 Å². The molecule has 0 atom stereocenters. The minimum absolute atomic E-state index is 0.934. The Kier molecular flexibility index (Phi) is 2.60. The number of aromatic nitrogens is 2. The van der Waals surface area contributed by atoms with Gasteiger partial charge in [-0.3, -0.25) is 4.68 Å². The molecule has 72 valence electrons. The molecule has 0 spiro atoms. The molecule has 0 aliphatic carbocycles. The van der Waals surface area contributed by atoms with E-state index in [0.717, 1.165) is 12.3 Å². The Bertz CT molecular complexity index is 306. The Morgan fingerprint density at radius 3 is 3.23 bits per heavy atom. The van der Waals surface area contributed by atoms with Crippen LogP contribution < -0.4 is 5.32 Å². The van der Waals surface area contributed by atoms with Crippen LogP contribution >= 0.6 is 11.8 Å². The topological polar surface area (TPSA) is 29.9 Å². The van der Waals surface area contributed by atoms with E-state index in [1.165, 1.54) is 29.1 Å². The number of hydrogen-bond acceptors (Lipinski definition) is 3. The van der Waals surface area contributed by atoms with Crippen LogP contribution in [0.15, 0.2) is 0 Å². The van der Waals surface area contributed by atoms with Gasteiger partial charge in [0.25, 0.3) is 0 Å². The first-order valence-electron chi connectivity index (χ1n) is 4.59. The van der Waals surface area contributed by atoms with Crippen molar-refractivity contribution in [3.8, 4) is 0 Å². The molecule has 0 aromatic carbocycles. The summed E-state index contributed by atoms with van der Waals surface area (Å²) in [5, 5.41) is 7.72. The Balaban J connectivity index is 2.36. The minimum atomic E-state index is 0.934. The molecule has 0 bridgehead atoms. The standard InChI is InChI=1S/C9H15N3S/c1-10-5-9-7-3-4-13-6-8(7)11-12(9)2/h10H,3-6H2,1-2H3. The van der Waals surface area contributed by atoms with E-state index in [1.807, 2.05) is 30.5 Å². The van der Waals surface area contributed by atoms with Gasteiger partial charge in [-0.1, -0.05) is 0 Å². The van der Waals surface area contributed by atoms with Crippen molar-refractivity contribution in [2.45, 2.75) is 18.7 Å². The lowest BCUT2D eigenvalue weighted by Crippen LogP contribution is -2.12. The molecule has 1 aliphatic heterocycles. The van der Waals surface area contributed by atoms with Crippen LogP contribution in [0.1, 0.15) is 17.0 Å². The monoisotopic (exact) mass is 197 g/mol. The Labute approximate surface area is 82.9 Å². The largest absolute Gasteiger partial charge is 0.314 e. The van der Waals surface area contributed by atoms with Gasteiger partial charge >= 0.3 is 0 Å². The van der Waals surface area contributed by atoms with Gasteiger partial charge in [0.05, 0.1) is 11.4 Å². The van der Waals surface area contributed by atoms with Gasteiger partial charge in [0.15, 0.2) is 0 Å². The zero-order valence-electron chi connectivity index (χ0n) is 8.13. The SMILES string of the molecule is CNCc1c2c(nn1C)CSCC2. The highest BCUT2D eigenvalue weighted by molar-refractivity contribution is 7.98. The zero-order valence-corrected chi connectivity index (χ0v) is 8.95. The first-order chi connectivity index (χ1) is 6.33. The number of nitrogens with zero attached hydrogens (tertiary/aromatic N) is 2. The molecule has 2 rings (SSSR count). The van der Waals surface area contributed by atoms with E-state index in [9.17, 15) is 0 Å². The zero-order chi connectivity index (χ0) is 9.26. The van der Waals surface area contributed by atoms with Gasteiger partial charge in [-0.15, -0.1) is 0 Å². The molecule has 1 aliphatic rings. The fraction of sp³-hybridized carbons (Fsp3) is 0.667. The average Bonchev–Trinajstić information content (AvgIpc) is 2.44. The van der Waals surface area contributed by atoms with Crippen molar-refractivity contribution in [2.24, 2.45) is 7.05 Å². The van der Waals surface area contributed by atoms with Crippen LogP contribution in [0.2, 0.25) is 0 Å². The summed E-state index contributed by atoms with van der Waals surface area (Å²) >= 11 is 1.98. The van der Waals surface area contributed by atoms with Gasteiger partial charge in [-0.2, -0.15) is 16.9 Å². The maximum absolute atomic E-state index is 4.53. The molecule has 3 nitrogen and oxygen atoms in total. The summed E-state index contributed by atoms with van der Waals surface area (Å²) in [7, 11) is 4.02. The van der Waals surface area contributed by atoms with E-state index in [2.05, 4.69) is 10.4 Å². The van der Waals surface area contributed by atoms with Crippen molar-refractivity contribution in [1.29, 1.82) is 0 Å². The predicted molar refractivity (Wildman–Crippen MR) is 55.8 cm³/mol. The third kappa shape index (κ3) is 1.60. The van der Waals surface area contributed by atoms with Gasteiger partial charge in [-0.05, 0) is 24.8 Å².